The number of rotatable bonds is 2. The third kappa shape index (κ3) is 2.42. The van der Waals surface area contributed by atoms with Crippen LogP contribution in [0.3, 0.4) is 0 Å². The molecule has 2 aromatic rings. The molecule has 17 heavy (non-hydrogen) atoms. The molecule has 2 rings (SSSR count). The van der Waals surface area contributed by atoms with E-state index in [0.717, 1.165) is 6.07 Å². The van der Waals surface area contributed by atoms with Crippen LogP contribution in [0.25, 0.3) is 0 Å². The van der Waals surface area contributed by atoms with E-state index >= 15 is 0 Å². The van der Waals surface area contributed by atoms with Gasteiger partial charge in [0, 0.05) is 17.2 Å². The molecule has 3 nitrogen and oxygen atoms in total. The fraction of sp³-hybridized carbons (Fsp3) is 0. The minimum absolute atomic E-state index is 0.147. The number of phenolic OH excluding ortho intramolecular Hbond substituents is 2. The highest BCUT2D eigenvalue weighted by Gasteiger charge is 2.11. The fourth-order valence-corrected chi connectivity index (χ4v) is 1.49. The zero-order valence-electron chi connectivity index (χ0n) is 8.72. The summed E-state index contributed by atoms with van der Waals surface area (Å²) in [7, 11) is 0. The van der Waals surface area contributed by atoms with Crippen molar-refractivity contribution in [2.24, 2.45) is 0 Å². The Morgan fingerprint density at radius 3 is 1.94 bits per heavy atom. The van der Waals surface area contributed by atoms with Crippen LogP contribution in [0.2, 0.25) is 0 Å². The Hall–Kier alpha value is -2.36. The van der Waals surface area contributed by atoms with Crippen LogP contribution in [0.15, 0.2) is 42.5 Å². The van der Waals surface area contributed by atoms with E-state index in [1.807, 2.05) is 0 Å². The molecule has 0 fully saturated rings. The van der Waals surface area contributed by atoms with Gasteiger partial charge in [0.25, 0.3) is 0 Å². The van der Waals surface area contributed by atoms with E-state index in [0.29, 0.717) is 0 Å². The molecule has 2 N–H and O–H groups in total. The number of hydrogen-bond donors (Lipinski definition) is 2. The first-order valence-corrected chi connectivity index (χ1v) is 4.89. The van der Waals surface area contributed by atoms with Gasteiger partial charge in [0.1, 0.15) is 17.3 Å². The number of carbonyl (C=O) groups excluding carboxylic acids is 1. The Balaban J connectivity index is 2.40. The van der Waals surface area contributed by atoms with Crippen LogP contribution in [0.4, 0.5) is 4.39 Å². The van der Waals surface area contributed by atoms with Gasteiger partial charge < -0.3 is 10.2 Å². The van der Waals surface area contributed by atoms with E-state index < -0.39 is 11.6 Å². The van der Waals surface area contributed by atoms with Crippen molar-refractivity contribution >= 4 is 5.78 Å². The maximum Gasteiger partial charge on any atom is 0.193 e. The van der Waals surface area contributed by atoms with Gasteiger partial charge >= 0.3 is 0 Å². The molecule has 0 aromatic heterocycles. The van der Waals surface area contributed by atoms with Crippen LogP contribution in [-0.4, -0.2) is 16.0 Å². The van der Waals surface area contributed by atoms with Crippen molar-refractivity contribution in [1.82, 2.24) is 0 Å². The second-order valence-electron chi connectivity index (χ2n) is 3.57. The van der Waals surface area contributed by atoms with Gasteiger partial charge in [-0.1, -0.05) is 0 Å². The quantitative estimate of drug-likeness (QED) is 0.782. The average Bonchev–Trinajstić information content (AvgIpc) is 2.28. The highest BCUT2D eigenvalue weighted by atomic mass is 19.1. The maximum absolute atomic E-state index is 12.7. The Kier molecular flexibility index (Phi) is 2.78. The highest BCUT2D eigenvalue weighted by molar-refractivity contribution is 6.09. The molecule has 4 heteroatoms. The molecule has 0 atom stereocenters. The molecule has 0 aliphatic carbocycles. The van der Waals surface area contributed by atoms with Gasteiger partial charge in [0.05, 0.1) is 0 Å². The second kappa shape index (κ2) is 4.25. The number of carbonyl (C=O) groups is 1. The van der Waals surface area contributed by atoms with Crippen LogP contribution in [-0.2, 0) is 0 Å². The normalized spacial score (nSPS) is 10.2. The SMILES string of the molecule is O=C(c1ccc(F)cc1)c1cc(O)cc(O)c1. The lowest BCUT2D eigenvalue weighted by atomic mass is 10.0. The summed E-state index contributed by atoms with van der Waals surface area (Å²) in [6.45, 7) is 0. The molecule has 0 saturated carbocycles. The van der Waals surface area contributed by atoms with Crippen molar-refractivity contribution in [2.45, 2.75) is 0 Å². The van der Waals surface area contributed by atoms with E-state index in [-0.39, 0.29) is 22.6 Å². The molecule has 0 bridgehead atoms. The maximum atomic E-state index is 12.7. The molecular weight excluding hydrogens is 223 g/mol. The molecule has 0 spiro atoms. The van der Waals surface area contributed by atoms with Crippen LogP contribution >= 0.6 is 0 Å². The molecule has 0 amide bonds. The minimum atomic E-state index is -0.430. The largest absolute Gasteiger partial charge is 0.508 e. The molecule has 2 aromatic carbocycles. The summed E-state index contributed by atoms with van der Waals surface area (Å²) < 4.78 is 12.7. The molecule has 0 saturated heterocycles. The van der Waals surface area contributed by atoms with Gasteiger partial charge in [-0.05, 0) is 36.4 Å². The summed E-state index contributed by atoms with van der Waals surface area (Å²) in [4.78, 5) is 11.9. The average molecular weight is 232 g/mol. The van der Waals surface area contributed by atoms with E-state index in [1.165, 1.54) is 36.4 Å². The molecule has 0 radical (unpaired) electrons. The van der Waals surface area contributed by atoms with Crippen molar-refractivity contribution in [2.75, 3.05) is 0 Å². The van der Waals surface area contributed by atoms with Crippen molar-refractivity contribution < 1.29 is 19.4 Å². The minimum Gasteiger partial charge on any atom is -0.508 e. The Morgan fingerprint density at radius 1 is 0.882 bits per heavy atom. The van der Waals surface area contributed by atoms with Gasteiger partial charge in [0.15, 0.2) is 5.78 Å². The third-order valence-electron chi connectivity index (χ3n) is 2.27. The summed E-state index contributed by atoms with van der Waals surface area (Å²) in [6.07, 6.45) is 0. The molecule has 0 aliphatic heterocycles. The van der Waals surface area contributed by atoms with Crippen molar-refractivity contribution in [3.8, 4) is 11.5 Å². The van der Waals surface area contributed by atoms with Gasteiger partial charge in [-0.15, -0.1) is 0 Å². The molecule has 0 heterocycles. The zero-order chi connectivity index (χ0) is 12.4. The van der Waals surface area contributed by atoms with Crippen LogP contribution in [0, 0.1) is 5.82 Å². The van der Waals surface area contributed by atoms with Crippen molar-refractivity contribution in [3.63, 3.8) is 0 Å². The van der Waals surface area contributed by atoms with Gasteiger partial charge in [0.2, 0.25) is 0 Å². The number of ketones is 1. The third-order valence-corrected chi connectivity index (χ3v) is 2.27. The number of halogens is 1. The molecule has 0 aliphatic rings. The fourth-order valence-electron chi connectivity index (χ4n) is 1.49. The summed E-state index contributed by atoms with van der Waals surface area (Å²) in [6, 6.07) is 8.65. The molecule has 86 valence electrons. The number of phenols is 2. The summed E-state index contributed by atoms with van der Waals surface area (Å²) >= 11 is 0. The number of aromatic hydroxyl groups is 2. The number of hydrogen-bond acceptors (Lipinski definition) is 3. The van der Waals surface area contributed by atoms with Crippen molar-refractivity contribution in [3.05, 3.63) is 59.4 Å². The first-order chi connectivity index (χ1) is 8.06. The number of benzene rings is 2. The van der Waals surface area contributed by atoms with E-state index in [2.05, 4.69) is 0 Å². The summed E-state index contributed by atoms with van der Waals surface area (Å²) in [5, 5.41) is 18.5. The zero-order valence-corrected chi connectivity index (χ0v) is 8.72. The lowest BCUT2D eigenvalue weighted by molar-refractivity contribution is 0.103. The smallest absolute Gasteiger partial charge is 0.193 e. The van der Waals surface area contributed by atoms with Crippen LogP contribution in [0.5, 0.6) is 11.5 Å². The Labute approximate surface area is 96.8 Å². The van der Waals surface area contributed by atoms with E-state index in [1.54, 1.807) is 0 Å². The van der Waals surface area contributed by atoms with Crippen LogP contribution in [0.1, 0.15) is 15.9 Å². The van der Waals surface area contributed by atoms with Gasteiger partial charge in [-0.3, -0.25) is 4.79 Å². The lowest BCUT2D eigenvalue weighted by Crippen LogP contribution is -2.00. The lowest BCUT2D eigenvalue weighted by Gasteiger charge is -2.03. The standard InChI is InChI=1S/C13H9FO3/c14-10-3-1-8(2-4-10)13(17)9-5-11(15)7-12(16)6-9/h1-7,15-16H. The summed E-state index contributed by atoms with van der Waals surface area (Å²) in [5.74, 6) is -1.22. The Bertz CT molecular complexity index is 541. The monoisotopic (exact) mass is 232 g/mol. The predicted molar refractivity (Wildman–Crippen MR) is 59.6 cm³/mol. The van der Waals surface area contributed by atoms with E-state index in [4.69, 9.17) is 0 Å². The van der Waals surface area contributed by atoms with Crippen LogP contribution < -0.4 is 0 Å². The first kappa shape index (κ1) is 11.1. The summed E-state index contributed by atoms with van der Waals surface area (Å²) in [5.41, 5.74) is 0.436. The molecule has 0 unspecified atom stereocenters. The highest BCUT2D eigenvalue weighted by Crippen LogP contribution is 2.22. The topological polar surface area (TPSA) is 57.5 Å². The first-order valence-electron chi connectivity index (χ1n) is 4.89. The Morgan fingerprint density at radius 2 is 1.41 bits per heavy atom. The van der Waals surface area contributed by atoms with Gasteiger partial charge in [-0.2, -0.15) is 0 Å². The predicted octanol–water partition coefficient (Wildman–Crippen LogP) is 2.47. The second-order valence-corrected chi connectivity index (χ2v) is 3.57. The molecular formula is C13H9FO3. The van der Waals surface area contributed by atoms with E-state index in [9.17, 15) is 19.4 Å². The van der Waals surface area contributed by atoms with Crippen molar-refractivity contribution in [1.29, 1.82) is 0 Å². The van der Waals surface area contributed by atoms with Gasteiger partial charge in [-0.25, -0.2) is 4.39 Å².